The molecule has 2 N–H and O–H groups in total. The average Bonchev–Trinajstić information content (AvgIpc) is 2.80. The van der Waals surface area contributed by atoms with Crippen molar-refractivity contribution in [2.45, 2.75) is 6.92 Å². The highest BCUT2D eigenvalue weighted by Gasteiger charge is 2.15. The molecule has 0 saturated heterocycles. The molecule has 0 aliphatic heterocycles. The molecule has 166 valence electrons. The lowest BCUT2D eigenvalue weighted by molar-refractivity contribution is -0.114. The lowest BCUT2D eigenvalue weighted by atomic mass is 10.1. The number of ether oxygens (including phenoxy) is 1. The average molecular weight is 447 g/mol. The number of anilines is 3. The standard InChI is InChI=1S/C24H19F2N5O2/c1-3-33-22-12-20-17(11-21(22)31-24(32)14(2)25)23(29-13-28-20)30-15-8-9-27-19(10-15)16-6-4-5-7-18(16)26/h4-13H,2-3H2,1H3,(H,31,32)(H,27,28,29,30). The van der Waals surface area contributed by atoms with Gasteiger partial charge in [0.05, 0.1) is 23.5 Å². The zero-order valence-electron chi connectivity index (χ0n) is 17.6. The Kier molecular flexibility index (Phi) is 6.21. The summed E-state index contributed by atoms with van der Waals surface area (Å²) in [4.78, 5) is 24.7. The van der Waals surface area contributed by atoms with E-state index in [1.807, 2.05) is 0 Å². The molecule has 0 bridgehead atoms. The second kappa shape index (κ2) is 9.39. The van der Waals surface area contributed by atoms with Crippen molar-refractivity contribution >= 4 is 34.0 Å². The first-order valence-corrected chi connectivity index (χ1v) is 10.0. The smallest absolute Gasteiger partial charge is 0.283 e. The van der Waals surface area contributed by atoms with E-state index in [1.54, 1.807) is 55.6 Å². The first kappa shape index (κ1) is 21.8. The molecule has 33 heavy (non-hydrogen) atoms. The maximum atomic E-state index is 14.2. The number of hydrogen-bond acceptors (Lipinski definition) is 6. The minimum Gasteiger partial charge on any atom is -0.492 e. The van der Waals surface area contributed by atoms with Gasteiger partial charge in [0.15, 0.2) is 5.83 Å². The molecule has 0 unspecified atom stereocenters. The Hall–Kier alpha value is -4.40. The molecule has 0 atom stereocenters. The van der Waals surface area contributed by atoms with Crippen molar-refractivity contribution in [2.75, 3.05) is 17.2 Å². The minimum atomic E-state index is -1.13. The van der Waals surface area contributed by atoms with Gasteiger partial charge in [0.2, 0.25) is 0 Å². The molecule has 1 amide bonds. The van der Waals surface area contributed by atoms with Gasteiger partial charge in [-0.25, -0.2) is 18.7 Å². The molecular weight excluding hydrogens is 428 g/mol. The summed E-state index contributed by atoms with van der Waals surface area (Å²) in [6.07, 6.45) is 2.93. The number of carbonyl (C=O) groups excluding carboxylic acids is 1. The van der Waals surface area contributed by atoms with Crippen molar-refractivity contribution in [1.29, 1.82) is 0 Å². The SMILES string of the molecule is C=C(F)C(=O)Nc1cc2c(Nc3ccnc(-c4ccccc4F)c3)ncnc2cc1OCC. The molecule has 0 aliphatic rings. The molecule has 7 nitrogen and oxygen atoms in total. The molecule has 0 fully saturated rings. The normalized spacial score (nSPS) is 10.6. The van der Waals surface area contributed by atoms with E-state index in [1.165, 1.54) is 12.4 Å². The van der Waals surface area contributed by atoms with Gasteiger partial charge in [-0.3, -0.25) is 9.78 Å². The summed E-state index contributed by atoms with van der Waals surface area (Å²) in [7, 11) is 0. The van der Waals surface area contributed by atoms with Gasteiger partial charge in [0.25, 0.3) is 5.91 Å². The molecule has 2 aromatic heterocycles. The van der Waals surface area contributed by atoms with E-state index in [-0.39, 0.29) is 11.5 Å². The Morgan fingerprint density at radius 2 is 1.94 bits per heavy atom. The van der Waals surface area contributed by atoms with Gasteiger partial charge >= 0.3 is 0 Å². The summed E-state index contributed by atoms with van der Waals surface area (Å²) in [5.41, 5.74) is 2.21. The molecular formula is C24H19F2N5O2. The summed E-state index contributed by atoms with van der Waals surface area (Å²) in [5, 5.41) is 6.16. The molecule has 0 spiro atoms. The largest absolute Gasteiger partial charge is 0.492 e. The summed E-state index contributed by atoms with van der Waals surface area (Å²) in [6, 6.07) is 13.0. The zero-order valence-corrected chi connectivity index (χ0v) is 17.6. The van der Waals surface area contributed by atoms with E-state index in [2.05, 4.69) is 32.2 Å². The Bertz CT molecular complexity index is 1360. The number of amides is 1. The van der Waals surface area contributed by atoms with Crippen LogP contribution in [0.4, 0.5) is 26.0 Å². The first-order valence-electron chi connectivity index (χ1n) is 10.0. The number of carbonyl (C=O) groups is 1. The highest BCUT2D eigenvalue weighted by Crippen LogP contribution is 2.34. The number of pyridine rings is 1. The molecule has 0 radical (unpaired) electrons. The van der Waals surface area contributed by atoms with Crippen molar-refractivity contribution in [3.8, 4) is 17.0 Å². The fraction of sp³-hybridized carbons (Fsp3) is 0.0833. The highest BCUT2D eigenvalue weighted by atomic mass is 19.1. The molecule has 4 aromatic rings. The lowest BCUT2D eigenvalue weighted by Gasteiger charge is -2.14. The van der Waals surface area contributed by atoms with Crippen LogP contribution in [0.5, 0.6) is 5.75 Å². The fourth-order valence-corrected chi connectivity index (χ4v) is 3.21. The van der Waals surface area contributed by atoms with Gasteiger partial charge < -0.3 is 15.4 Å². The second-order valence-corrected chi connectivity index (χ2v) is 6.91. The quantitative estimate of drug-likeness (QED) is 0.369. The van der Waals surface area contributed by atoms with E-state index >= 15 is 0 Å². The summed E-state index contributed by atoms with van der Waals surface area (Å²) in [6.45, 7) is 5.13. The third kappa shape index (κ3) is 4.77. The lowest BCUT2D eigenvalue weighted by Crippen LogP contribution is -2.12. The van der Waals surface area contributed by atoms with Crippen LogP contribution < -0.4 is 15.4 Å². The van der Waals surface area contributed by atoms with Crippen LogP contribution in [0.1, 0.15) is 6.92 Å². The number of aromatic nitrogens is 3. The number of nitrogens with one attached hydrogen (secondary N) is 2. The molecule has 0 aliphatic carbocycles. The van der Waals surface area contributed by atoms with Crippen LogP contribution in [-0.4, -0.2) is 27.5 Å². The monoisotopic (exact) mass is 447 g/mol. The van der Waals surface area contributed by atoms with Crippen LogP contribution in [0.2, 0.25) is 0 Å². The van der Waals surface area contributed by atoms with Gasteiger partial charge in [-0.1, -0.05) is 18.7 Å². The molecule has 2 aromatic carbocycles. The van der Waals surface area contributed by atoms with Crippen molar-refractivity contribution in [2.24, 2.45) is 0 Å². The fourth-order valence-electron chi connectivity index (χ4n) is 3.21. The van der Waals surface area contributed by atoms with Gasteiger partial charge in [-0.15, -0.1) is 0 Å². The Morgan fingerprint density at radius 3 is 2.70 bits per heavy atom. The van der Waals surface area contributed by atoms with E-state index in [0.717, 1.165) is 0 Å². The molecule has 0 saturated carbocycles. The first-order chi connectivity index (χ1) is 16.0. The number of rotatable bonds is 7. The number of fused-ring (bicyclic) bond motifs is 1. The Morgan fingerprint density at radius 1 is 1.12 bits per heavy atom. The second-order valence-electron chi connectivity index (χ2n) is 6.91. The van der Waals surface area contributed by atoms with E-state index in [9.17, 15) is 13.6 Å². The van der Waals surface area contributed by atoms with Crippen molar-refractivity contribution in [3.05, 3.63) is 79.3 Å². The van der Waals surface area contributed by atoms with Crippen LogP contribution in [0.15, 0.2) is 73.5 Å². The van der Waals surface area contributed by atoms with Crippen LogP contribution in [0, 0.1) is 5.82 Å². The van der Waals surface area contributed by atoms with Crippen LogP contribution in [0.3, 0.4) is 0 Å². The summed E-state index contributed by atoms with van der Waals surface area (Å²) < 4.78 is 33.0. The van der Waals surface area contributed by atoms with E-state index < -0.39 is 11.7 Å². The van der Waals surface area contributed by atoms with E-state index in [4.69, 9.17) is 4.74 Å². The summed E-state index contributed by atoms with van der Waals surface area (Å²) in [5.74, 6) is -1.74. The van der Waals surface area contributed by atoms with Gasteiger partial charge in [-0.2, -0.15) is 0 Å². The predicted octanol–water partition coefficient (Wildman–Crippen LogP) is 5.39. The highest BCUT2D eigenvalue weighted by molar-refractivity contribution is 6.05. The van der Waals surface area contributed by atoms with E-state index in [0.29, 0.717) is 46.0 Å². The minimum absolute atomic E-state index is 0.243. The van der Waals surface area contributed by atoms with Crippen LogP contribution >= 0.6 is 0 Å². The maximum Gasteiger partial charge on any atom is 0.283 e. The Labute approximate surface area is 188 Å². The third-order valence-electron chi connectivity index (χ3n) is 4.70. The van der Waals surface area contributed by atoms with Crippen LogP contribution in [0.25, 0.3) is 22.2 Å². The van der Waals surface area contributed by atoms with Gasteiger partial charge in [0, 0.05) is 28.9 Å². The number of halogens is 2. The van der Waals surface area contributed by atoms with Crippen LogP contribution in [-0.2, 0) is 4.79 Å². The molecule has 4 rings (SSSR count). The molecule has 9 heteroatoms. The van der Waals surface area contributed by atoms with Crippen molar-refractivity contribution < 1.29 is 18.3 Å². The zero-order chi connectivity index (χ0) is 23.4. The summed E-state index contributed by atoms with van der Waals surface area (Å²) >= 11 is 0. The predicted molar refractivity (Wildman–Crippen MR) is 122 cm³/mol. The van der Waals surface area contributed by atoms with Gasteiger partial charge in [0.1, 0.15) is 23.7 Å². The van der Waals surface area contributed by atoms with Crippen molar-refractivity contribution in [1.82, 2.24) is 15.0 Å². The number of hydrogen-bond donors (Lipinski definition) is 2. The Balaban J connectivity index is 1.74. The maximum absolute atomic E-state index is 14.2. The molecule has 2 heterocycles. The topological polar surface area (TPSA) is 89.0 Å². The van der Waals surface area contributed by atoms with Crippen molar-refractivity contribution in [3.63, 3.8) is 0 Å². The van der Waals surface area contributed by atoms with Gasteiger partial charge in [-0.05, 0) is 37.3 Å². The number of benzene rings is 2. The third-order valence-corrected chi connectivity index (χ3v) is 4.70. The number of nitrogens with zero attached hydrogens (tertiary/aromatic N) is 3.